The van der Waals surface area contributed by atoms with Crippen LogP contribution in [0.4, 0.5) is 34.1 Å². The molecule has 5 heterocycles. The quantitative estimate of drug-likeness (QED) is 0.114. The lowest BCUT2D eigenvalue weighted by Gasteiger charge is -2.46. The summed E-state index contributed by atoms with van der Waals surface area (Å²) < 4.78 is 53.5. The fraction of sp³-hybridized carbons (Fsp3) is 0.129. The summed E-state index contributed by atoms with van der Waals surface area (Å²) in [6, 6.07) is 137. The summed E-state index contributed by atoms with van der Waals surface area (Å²) >= 11 is 0. The second-order valence-corrected chi connectivity index (χ2v) is 39.7. The van der Waals surface area contributed by atoms with Gasteiger partial charge in [-0.1, -0.05) is 398 Å². The van der Waals surface area contributed by atoms with Crippen molar-refractivity contribution >= 4 is 123 Å². The van der Waals surface area contributed by atoms with Gasteiger partial charge in [0.15, 0.2) is 0 Å². The van der Waals surface area contributed by atoms with Crippen molar-refractivity contribution in [1.82, 2.24) is 13.7 Å². The Labute approximate surface area is 770 Å². The summed E-state index contributed by atoms with van der Waals surface area (Å²) in [6.45, 7) is 27.3. The minimum atomic E-state index is -0.492. The molecule has 0 amide bonds. The largest absolute Gasteiger partial charge is 0.310 e. The molecule has 2 aliphatic heterocycles. The summed E-state index contributed by atoms with van der Waals surface area (Å²) in [6.07, 6.45) is 0. The molecule has 6 heteroatoms. The van der Waals surface area contributed by atoms with E-state index < -0.39 is 12.8 Å². The van der Waals surface area contributed by atoms with E-state index in [4.69, 9.17) is 4.11 Å². The molecule has 0 bridgehead atoms. The van der Waals surface area contributed by atoms with Crippen LogP contribution in [0.5, 0.6) is 0 Å². The number of hydrogen-bond acceptors (Lipinski definition) is 2. The highest BCUT2D eigenvalue weighted by molar-refractivity contribution is 7.00. The van der Waals surface area contributed by atoms with E-state index in [1.165, 1.54) is 27.6 Å². The zero-order valence-electron chi connectivity index (χ0n) is 80.5. The molecule has 0 spiro atoms. The first-order valence-electron chi connectivity index (χ1n) is 48.1. The lowest BCUT2D eigenvalue weighted by molar-refractivity contribution is 0.590. The third-order valence-electron chi connectivity index (χ3n) is 27.5. The van der Waals surface area contributed by atoms with Crippen LogP contribution >= 0.6 is 0 Å². The maximum absolute atomic E-state index is 9.58. The summed E-state index contributed by atoms with van der Waals surface area (Å²) in [5.74, 6) is 0. The van der Waals surface area contributed by atoms with Crippen LogP contribution < -0.4 is 26.2 Å². The molecule has 2 aliphatic rings. The first-order valence-corrected chi connectivity index (χ1v) is 45.6. The molecule has 0 unspecified atom stereocenters. The van der Waals surface area contributed by atoms with E-state index in [2.05, 4.69) is 471 Å². The Kier molecular flexibility index (Phi) is 17.3. The molecule has 0 radical (unpaired) electrons. The van der Waals surface area contributed by atoms with Gasteiger partial charge in [0.2, 0.25) is 0 Å². The highest BCUT2D eigenvalue weighted by Gasteiger charge is 2.47. The molecule has 18 aromatic carbocycles. The Bertz CT molecular complexity index is 8260. The number of benzene rings is 18. The van der Waals surface area contributed by atoms with E-state index >= 15 is 0 Å². The minimum Gasteiger partial charge on any atom is -0.310 e. The van der Waals surface area contributed by atoms with Crippen molar-refractivity contribution < 1.29 is 6.85 Å². The van der Waals surface area contributed by atoms with Gasteiger partial charge in [-0.2, -0.15) is 0 Å². The second-order valence-electron chi connectivity index (χ2n) is 39.7. The number of hydrogen-bond donors (Lipinski definition) is 0. The fourth-order valence-electron chi connectivity index (χ4n) is 21.0. The monoisotopic (exact) mass is 1680 g/mol. The van der Waals surface area contributed by atoms with Gasteiger partial charge in [-0.3, -0.25) is 0 Å². The molecule has 0 aliphatic carbocycles. The van der Waals surface area contributed by atoms with E-state index in [1.54, 1.807) is 0 Å². The number of aromatic nitrogens is 3. The topological polar surface area (TPSA) is 21.3 Å². The van der Waals surface area contributed by atoms with Gasteiger partial charge >= 0.3 is 0 Å². The van der Waals surface area contributed by atoms with Crippen molar-refractivity contribution in [2.24, 2.45) is 0 Å². The minimum absolute atomic E-state index is 0.136. The number of rotatable bonds is 12. The van der Waals surface area contributed by atoms with Gasteiger partial charge in [-0.05, 0) is 201 Å². The van der Waals surface area contributed by atoms with Gasteiger partial charge in [0, 0.05) is 88.7 Å². The molecule has 0 saturated carbocycles. The predicted molar refractivity (Wildman–Crippen MR) is 556 cm³/mol. The van der Waals surface area contributed by atoms with Crippen molar-refractivity contribution in [1.29, 1.82) is 0 Å². The van der Waals surface area contributed by atoms with E-state index in [9.17, 15) is 2.74 Å². The van der Waals surface area contributed by atoms with Gasteiger partial charge in [-0.25, -0.2) is 0 Å². The zero-order valence-corrected chi connectivity index (χ0v) is 75.5. The summed E-state index contributed by atoms with van der Waals surface area (Å²) in [4.78, 5) is 5.38. The van der Waals surface area contributed by atoms with Crippen molar-refractivity contribution in [3.05, 3.63) is 423 Å². The van der Waals surface area contributed by atoms with Gasteiger partial charge in [0.05, 0.1) is 57.0 Å². The first kappa shape index (κ1) is 74.1. The van der Waals surface area contributed by atoms with Gasteiger partial charge in [0.1, 0.15) is 0 Å². The van der Waals surface area contributed by atoms with Gasteiger partial charge < -0.3 is 23.5 Å². The Morgan fingerprint density at radius 1 is 0.223 bits per heavy atom. The SMILES string of the molecule is [2H]c1c([2H])c([2H])c(-c2ccc3c4cc(-c5ccccc5)ccc4n(-c4ccc5c(c4)N(c4c(-c6cccc(C(C)(C)C)c6)cccc4-c4cccc(C(C)(C)C)c4)c4cc(-n6c7ccccc7c7ccccc76)cc6c4B5c4cc(-c5cccc7c5c5ccccc5n7-c5ccccc5)ccc4N6c4c(-c5cccc(C(C)(C)C)c5)cccc4-c4cccc(C(C)(C)C)c4)c3c2)c([2H])c1[2H]. The Hall–Kier alpha value is -15.0. The van der Waals surface area contributed by atoms with Crippen LogP contribution in [-0.4, -0.2) is 20.4 Å². The Morgan fingerprint density at radius 3 is 1.15 bits per heavy atom. The molecule has 0 saturated heterocycles. The second kappa shape index (κ2) is 30.4. The zero-order chi connectivity index (χ0) is 92.7. The van der Waals surface area contributed by atoms with Crippen LogP contribution in [0.2, 0.25) is 0 Å². The smallest absolute Gasteiger partial charge is 0.252 e. The number of nitrogens with zero attached hydrogens (tertiary/aromatic N) is 5. The molecular formula is C124H102BN5. The number of para-hydroxylation sites is 6. The highest BCUT2D eigenvalue weighted by Crippen LogP contribution is 2.56. The van der Waals surface area contributed by atoms with Gasteiger partial charge in [0.25, 0.3) is 6.71 Å². The average molecular weight is 1680 g/mol. The van der Waals surface area contributed by atoms with Crippen LogP contribution in [0.1, 0.15) is 112 Å². The molecule has 0 N–H and O–H groups in total. The molecule has 0 fully saturated rings. The van der Waals surface area contributed by atoms with Crippen LogP contribution in [0, 0.1) is 0 Å². The normalized spacial score (nSPS) is 13.4. The summed E-state index contributed by atoms with van der Waals surface area (Å²) in [5, 5.41) is 6.55. The van der Waals surface area contributed by atoms with Crippen molar-refractivity contribution in [3.8, 4) is 95.0 Å². The third kappa shape index (κ3) is 13.2. The summed E-state index contributed by atoms with van der Waals surface area (Å²) in [7, 11) is 0. The van der Waals surface area contributed by atoms with Crippen LogP contribution in [0.25, 0.3) is 160 Å². The molecule has 21 aromatic rings. The van der Waals surface area contributed by atoms with Crippen molar-refractivity contribution in [3.63, 3.8) is 0 Å². The van der Waals surface area contributed by atoms with Gasteiger partial charge in [-0.15, -0.1) is 0 Å². The maximum Gasteiger partial charge on any atom is 0.252 e. The fourth-order valence-corrected chi connectivity index (χ4v) is 21.0. The van der Waals surface area contributed by atoms with Crippen LogP contribution in [-0.2, 0) is 21.7 Å². The molecular weight excluding hydrogens is 1570 g/mol. The summed E-state index contributed by atoms with van der Waals surface area (Å²) in [5.41, 5.74) is 36.0. The van der Waals surface area contributed by atoms with E-state index in [1.807, 2.05) is 6.07 Å². The van der Waals surface area contributed by atoms with Crippen molar-refractivity contribution in [2.45, 2.75) is 105 Å². The molecule has 23 rings (SSSR count). The average Bonchev–Trinajstić information content (AvgIpc) is 1.28. The third-order valence-corrected chi connectivity index (χ3v) is 27.5. The maximum atomic E-state index is 9.58. The lowest BCUT2D eigenvalue weighted by Crippen LogP contribution is -2.61. The standard InChI is InChI=1S/C124H102BN5/c1-121(2,3)88-43-28-39-83(69-88)96-53-32-54-97(84-40-29-44-89(70-84)122(4,5)6)119(96)129-111-68-63-87(95-52-34-60-112-117(95)103-51-24-27-59-109(103)126(112)92-47-20-15-21-48-92)74-106(111)125-105-66-64-93(127-110-67-62-81(79-35-16-13-17-36-79)73-104(110)102-65-61-82(75-113(102)127)80-37-18-14-19-38-80)76-114(105)130(116-78-94(77-115(129)118(116)125)128-107-57-25-22-49-100(107)101-50-23-26-58-108(101)128)120-98(85-41-30-45-90(71-85)123(7,8)9)55-33-56-99(120)86-42-31-46-91(72-86)124(10,11)12/h13-78H,1-12H3/i14D,18D,19D,37D,38D. The van der Waals surface area contributed by atoms with Crippen LogP contribution in [0.3, 0.4) is 0 Å². The van der Waals surface area contributed by atoms with E-state index in [0.29, 0.717) is 5.56 Å². The predicted octanol–water partition coefficient (Wildman–Crippen LogP) is 31.9. The highest BCUT2D eigenvalue weighted by atomic mass is 15.2. The Balaban J connectivity index is 0.921. The first-order chi connectivity index (χ1) is 65.1. The molecule has 3 aromatic heterocycles. The van der Waals surface area contributed by atoms with Crippen LogP contribution in [0.15, 0.2) is 400 Å². The molecule has 130 heavy (non-hydrogen) atoms. The molecule has 5 nitrogen and oxygen atoms in total. The lowest BCUT2D eigenvalue weighted by atomic mass is 9.33. The Morgan fingerprint density at radius 2 is 0.615 bits per heavy atom. The van der Waals surface area contributed by atoms with E-state index in [0.717, 1.165) is 194 Å². The van der Waals surface area contributed by atoms with Crippen molar-refractivity contribution in [2.75, 3.05) is 9.80 Å². The molecule has 0 atom stereocenters. The number of anilines is 6. The molecule has 626 valence electrons. The number of fused-ring (bicyclic) bond motifs is 13. The van der Waals surface area contributed by atoms with E-state index in [-0.39, 0.29) is 51.4 Å².